The van der Waals surface area contributed by atoms with Gasteiger partial charge in [-0.15, -0.1) is 0 Å². The third-order valence-electron chi connectivity index (χ3n) is 3.37. The van der Waals surface area contributed by atoms with Crippen LogP contribution in [0.25, 0.3) is 0 Å². The summed E-state index contributed by atoms with van der Waals surface area (Å²) in [4.78, 5) is 23.6. The van der Waals surface area contributed by atoms with Crippen LogP contribution in [0.4, 0.5) is 8.78 Å². The van der Waals surface area contributed by atoms with Crippen molar-refractivity contribution in [2.45, 2.75) is 12.5 Å². The Morgan fingerprint density at radius 1 is 1.12 bits per heavy atom. The highest BCUT2D eigenvalue weighted by molar-refractivity contribution is 5.97. The third kappa shape index (κ3) is 4.52. The molecule has 0 bridgehead atoms. The molecule has 2 aromatic carbocycles. The minimum absolute atomic E-state index is 0.142. The lowest BCUT2D eigenvalue weighted by Crippen LogP contribution is -2.45. The van der Waals surface area contributed by atoms with Crippen LogP contribution in [-0.4, -0.2) is 25.0 Å². The molecule has 0 saturated heterocycles. The van der Waals surface area contributed by atoms with Gasteiger partial charge in [0, 0.05) is 18.1 Å². The van der Waals surface area contributed by atoms with Crippen LogP contribution in [-0.2, 0) is 11.2 Å². The van der Waals surface area contributed by atoms with Crippen molar-refractivity contribution in [3.05, 3.63) is 65.2 Å². The summed E-state index contributed by atoms with van der Waals surface area (Å²) >= 11 is 0. The quantitative estimate of drug-likeness (QED) is 0.845. The van der Waals surface area contributed by atoms with Crippen LogP contribution in [0.2, 0.25) is 0 Å². The van der Waals surface area contributed by atoms with Gasteiger partial charge in [0.15, 0.2) is 0 Å². The lowest BCUT2D eigenvalue weighted by atomic mass is 10.0. The Morgan fingerprint density at radius 2 is 1.71 bits per heavy atom. The molecule has 5 nitrogen and oxygen atoms in total. The number of primary amides is 1. The fourth-order valence-corrected chi connectivity index (χ4v) is 2.15. The number of halogens is 2. The van der Waals surface area contributed by atoms with Gasteiger partial charge in [-0.25, -0.2) is 8.78 Å². The number of benzene rings is 2. The average Bonchev–Trinajstić information content (AvgIpc) is 2.53. The summed E-state index contributed by atoms with van der Waals surface area (Å²) in [5.41, 5.74) is 5.81. The van der Waals surface area contributed by atoms with E-state index in [0.717, 1.165) is 17.7 Å². The van der Waals surface area contributed by atoms with Crippen molar-refractivity contribution in [3.63, 3.8) is 0 Å². The molecule has 0 saturated carbocycles. The Hall–Kier alpha value is -2.96. The number of nitrogens with one attached hydrogen (secondary N) is 1. The standard InChI is InChI=1S/C17H16F2N2O3/c1-24-14-4-2-10(3-5-14)6-15(16(20)22)21-17(23)11-7-12(18)9-13(19)8-11/h2-5,7-9,15H,6H2,1H3,(H2,20,22)(H,21,23)/t15-/m0/s1. The van der Waals surface area contributed by atoms with Crippen molar-refractivity contribution >= 4 is 11.8 Å². The van der Waals surface area contributed by atoms with E-state index in [1.807, 2.05) is 0 Å². The zero-order valence-corrected chi connectivity index (χ0v) is 12.9. The molecule has 0 radical (unpaired) electrons. The molecule has 2 amide bonds. The molecule has 0 unspecified atom stereocenters. The first-order chi connectivity index (χ1) is 11.4. The first-order valence-corrected chi connectivity index (χ1v) is 7.08. The average molecular weight is 334 g/mol. The molecule has 126 valence electrons. The van der Waals surface area contributed by atoms with Crippen LogP contribution in [0, 0.1) is 11.6 Å². The van der Waals surface area contributed by atoms with Crippen LogP contribution >= 0.6 is 0 Å². The second-order valence-corrected chi connectivity index (χ2v) is 5.14. The van der Waals surface area contributed by atoms with Crippen molar-refractivity contribution in [3.8, 4) is 5.75 Å². The van der Waals surface area contributed by atoms with Gasteiger partial charge in [0.1, 0.15) is 23.4 Å². The summed E-state index contributed by atoms with van der Waals surface area (Å²) in [5, 5.41) is 2.39. The van der Waals surface area contributed by atoms with Crippen molar-refractivity contribution in [2.24, 2.45) is 5.73 Å². The summed E-state index contributed by atoms with van der Waals surface area (Å²) in [6.07, 6.45) is 0.142. The highest BCUT2D eigenvalue weighted by atomic mass is 19.1. The molecule has 2 rings (SSSR count). The molecule has 3 N–H and O–H groups in total. The topological polar surface area (TPSA) is 81.4 Å². The summed E-state index contributed by atoms with van der Waals surface area (Å²) in [6, 6.07) is 8.25. The number of amides is 2. The monoisotopic (exact) mass is 334 g/mol. The van der Waals surface area contributed by atoms with Gasteiger partial charge in [-0.05, 0) is 29.8 Å². The SMILES string of the molecule is COc1ccc(C[C@H](NC(=O)c2cc(F)cc(F)c2)C(N)=O)cc1. The highest BCUT2D eigenvalue weighted by Gasteiger charge is 2.20. The zero-order valence-electron chi connectivity index (χ0n) is 12.9. The summed E-state index contributed by atoms with van der Waals surface area (Å²) in [6.45, 7) is 0. The van der Waals surface area contributed by atoms with Gasteiger partial charge in [-0.1, -0.05) is 12.1 Å². The van der Waals surface area contributed by atoms with Crippen molar-refractivity contribution in [1.29, 1.82) is 0 Å². The number of carbonyl (C=O) groups is 2. The van der Waals surface area contributed by atoms with Crippen LogP contribution in [0.15, 0.2) is 42.5 Å². The fourth-order valence-electron chi connectivity index (χ4n) is 2.15. The van der Waals surface area contributed by atoms with Crippen molar-refractivity contribution in [2.75, 3.05) is 7.11 Å². The molecule has 24 heavy (non-hydrogen) atoms. The molecule has 0 fully saturated rings. The Labute approximate surface area is 137 Å². The maximum Gasteiger partial charge on any atom is 0.252 e. The first kappa shape index (κ1) is 17.4. The molecule has 1 atom stereocenters. The van der Waals surface area contributed by atoms with E-state index in [9.17, 15) is 18.4 Å². The molecule has 0 aliphatic heterocycles. The van der Waals surface area contributed by atoms with E-state index >= 15 is 0 Å². The lowest BCUT2D eigenvalue weighted by molar-refractivity contribution is -0.119. The zero-order chi connectivity index (χ0) is 17.7. The van der Waals surface area contributed by atoms with E-state index in [-0.39, 0.29) is 12.0 Å². The number of methoxy groups -OCH3 is 1. The lowest BCUT2D eigenvalue weighted by Gasteiger charge is -2.16. The maximum atomic E-state index is 13.2. The van der Waals surface area contributed by atoms with Gasteiger partial charge in [0.2, 0.25) is 5.91 Å². The molecule has 0 heterocycles. The normalized spacial score (nSPS) is 11.6. The Morgan fingerprint density at radius 3 is 2.21 bits per heavy atom. The molecular formula is C17H16F2N2O3. The second kappa shape index (κ2) is 7.54. The van der Waals surface area contributed by atoms with E-state index in [4.69, 9.17) is 10.5 Å². The molecule has 0 aromatic heterocycles. The maximum absolute atomic E-state index is 13.2. The van der Waals surface area contributed by atoms with Crippen LogP contribution in [0.5, 0.6) is 5.75 Å². The Balaban J connectivity index is 2.12. The van der Waals surface area contributed by atoms with Crippen LogP contribution in [0.1, 0.15) is 15.9 Å². The summed E-state index contributed by atoms with van der Waals surface area (Å²) in [5.74, 6) is -2.66. The molecule has 2 aromatic rings. The van der Waals surface area contributed by atoms with Crippen molar-refractivity contribution in [1.82, 2.24) is 5.32 Å². The predicted octanol–water partition coefficient (Wildman–Crippen LogP) is 1.80. The van der Waals surface area contributed by atoms with Crippen molar-refractivity contribution < 1.29 is 23.1 Å². The van der Waals surface area contributed by atoms with E-state index in [2.05, 4.69) is 5.32 Å². The third-order valence-corrected chi connectivity index (χ3v) is 3.37. The van der Waals surface area contributed by atoms with E-state index < -0.39 is 29.5 Å². The van der Waals surface area contributed by atoms with Gasteiger partial charge in [-0.3, -0.25) is 9.59 Å². The molecule has 0 aliphatic rings. The number of hydrogen-bond acceptors (Lipinski definition) is 3. The summed E-state index contributed by atoms with van der Waals surface area (Å²) < 4.78 is 31.4. The second-order valence-electron chi connectivity index (χ2n) is 5.14. The Bertz CT molecular complexity index is 728. The van der Waals surface area contributed by atoms with Gasteiger partial charge in [0.05, 0.1) is 7.11 Å². The number of carbonyl (C=O) groups excluding carboxylic acids is 2. The molecular weight excluding hydrogens is 318 g/mol. The van der Waals surface area contributed by atoms with Gasteiger partial charge < -0.3 is 15.8 Å². The highest BCUT2D eigenvalue weighted by Crippen LogP contribution is 2.13. The van der Waals surface area contributed by atoms with Gasteiger partial charge in [0.25, 0.3) is 5.91 Å². The number of hydrogen-bond donors (Lipinski definition) is 2. The van der Waals surface area contributed by atoms with E-state index in [1.54, 1.807) is 24.3 Å². The fraction of sp³-hybridized carbons (Fsp3) is 0.176. The number of rotatable bonds is 6. The van der Waals surface area contributed by atoms with E-state index in [0.29, 0.717) is 11.8 Å². The summed E-state index contributed by atoms with van der Waals surface area (Å²) in [7, 11) is 1.53. The smallest absolute Gasteiger partial charge is 0.252 e. The van der Waals surface area contributed by atoms with Crippen LogP contribution < -0.4 is 15.8 Å². The number of ether oxygens (including phenoxy) is 1. The van der Waals surface area contributed by atoms with Crippen LogP contribution in [0.3, 0.4) is 0 Å². The minimum Gasteiger partial charge on any atom is -0.497 e. The van der Waals surface area contributed by atoms with Gasteiger partial charge in [-0.2, -0.15) is 0 Å². The molecule has 0 aliphatic carbocycles. The van der Waals surface area contributed by atoms with E-state index in [1.165, 1.54) is 7.11 Å². The predicted molar refractivity (Wildman–Crippen MR) is 83.5 cm³/mol. The van der Waals surface area contributed by atoms with Gasteiger partial charge >= 0.3 is 0 Å². The first-order valence-electron chi connectivity index (χ1n) is 7.08. The minimum atomic E-state index is -1.02. The largest absolute Gasteiger partial charge is 0.497 e. The Kier molecular flexibility index (Phi) is 5.47. The number of nitrogens with two attached hydrogens (primary N) is 1. The molecule has 0 spiro atoms. The molecule has 7 heteroatoms.